The fourth-order valence-corrected chi connectivity index (χ4v) is 2.02. The van der Waals surface area contributed by atoms with Crippen LogP contribution in [0.3, 0.4) is 0 Å². The predicted molar refractivity (Wildman–Crippen MR) is 81.7 cm³/mol. The molecule has 1 unspecified atom stereocenters. The van der Waals surface area contributed by atoms with Gasteiger partial charge >= 0.3 is 0 Å². The van der Waals surface area contributed by atoms with E-state index in [0.717, 1.165) is 12.2 Å². The summed E-state index contributed by atoms with van der Waals surface area (Å²) < 4.78 is 5.63. The van der Waals surface area contributed by atoms with Crippen molar-refractivity contribution < 1.29 is 4.74 Å². The van der Waals surface area contributed by atoms with Gasteiger partial charge in [-0.2, -0.15) is 4.98 Å². The Bertz CT molecular complexity index is 404. The second kappa shape index (κ2) is 6.64. The molecule has 0 aliphatic rings. The number of hydrogen-bond donors (Lipinski definition) is 1. The van der Waals surface area contributed by atoms with Gasteiger partial charge in [0.25, 0.3) is 0 Å². The van der Waals surface area contributed by atoms with Crippen molar-refractivity contribution in [2.75, 3.05) is 17.7 Å². The third kappa shape index (κ3) is 4.62. The smallest absolute Gasteiger partial charge is 0.239 e. The molecule has 4 heteroatoms. The number of aromatic nitrogens is 1. The lowest BCUT2D eigenvalue weighted by atomic mass is 10.0. The number of nitrogens with zero attached hydrogens (tertiary/aromatic N) is 2. The van der Waals surface area contributed by atoms with Crippen LogP contribution in [-0.2, 0) is 0 Å². The molecule has 0 radical (unpaired) electrons. The number of nitrogen functional groups attached to an aromatic ring is 1. The van der Waals surface area contributed by atoms with Crippen molar-refractivity contribution in [1.29, 1.82) is 0 Å². The molecular formula is C15H27N3O. The summed E-state index contributed by atoms with van der Waals surface area (Å²) in [5, 5.41) is 0. The van der Waals surface area contributed by atoms with Gasteiger partial charge in [-0.3, -0.25) is 0 Å². The average molecular weight is 265 g/mol. The van der Waals surface area contributed by atoms with Crippen LogP contribution in [0.5, 0.6) is 5.88 Å². The molecule has 0 saturated heterocycles. The summed E-state index contributed by atoms with van der Waals surface area (Å²) >= 11 is 0. The molecule has 1 heterocycles. The van der Waals surface area contributed by atoms with E-state index in [-0.39, 0.29) is 6.10 Å². The number of rotatable bonds is 6. The third-order valence-electron chi connectivity index (χ3n) is 3.06. The molecule has 0 aliphatic carbocycles. The first kappa shape index (κ1) is 15.6. The molecule has 19 heavy (non-hydrogen) atoms. The fraction of sp³-hybridized carbons (Fsp3) is 0.667. The first-order valence-electron chi connectivity index (χ1n) is 6.97. The maximum absolute atomic E-state index is 5.89. The summed E-state index contributed by atoms with van der Waals surface area (Å²) in [6.07, 6.45) is 1.20. The molecule has 2 N–H and O–H groups in total. The van der Waals surface area contributed by atoms with Crippen LogP contribution in [0.2, 0.25) is 0 Å². The van der Waals surface area contributed by atoms with Gasteiger partial charge in [0.05, 0.1) is 11.8 Å². The standard InChI is InChI=1S/C15H27N3O/c1-10(2)9-12(5)18(6)14-8-7-13(16)15(17-14)19-11(3)4/h7-8,10-12H,9,16H2,1-6H3. The molecule has 4 nitrogen and oxygen atoms in total. The van der Waals surface area contributed by atoms with E-state index in [1.807, 2.05) is 26.0 Å². The van der Waals surface area contributed by atoms with Crippen LogP contribution in [0.25, 0.3) is 0 Å². The molecule has 1 aromatic rings. The number of hydrogen-bond acceptors (Lipinski definition) is 4. The van der Waals surface area contributed by atoms with Gasteiger partial charge in [0.15, 0.2) is 0 Å². The SMILES string of the molecule is CC(C)CC(C)N(C)c1ccc(N)c(OC(C)C)n1. The Morgan fingerprint density at radius 3 is 2.37 bits per heavy atom. The number of anilines is 2. The van der Waals surface area contributed by atoms with Gasteiger partial charge < -0.3 is 15.4 Å². The highest BCUT2D eigenvalue weighted by atomic mass is 16.5. The predicted octanol–water partition coefficient (Wildman–Crippen LogP) is 3.32. The Labute approximate surface area is 117 Å². The van der Waals surface area contributed by atoms with E-state index in [9.17, 15) is 0 Å². The third-order valence-corrected chi connectivity index (χ3v) is 3.06. The molecule has 0 saturated carbocycles. The minimum Gasteiger partial charge on any atom is -0.473 e. The van der Waals surface area contributed by atoms with Gasteiger partial charge in [-0.1, -0.05) is 13.8 Å². The monoisotopic (exact) mass is 265 g/mol. The summed E-state index contributed by atoms with van der Waals surface area (Å²) in [4.78, 5) is 6.69. The van der Waals surface area contributed by atoms with Crippen LogP contribution in [0.1, 0.15) is 41.0 Å². The summed E-state index contributed by atoms with van der Waals surface area (Å²) in [6, 6.07) is 4.24. The van der Waals surface area contributed by atoms with E-state index in [1.165, 1.54) is 0 Å². The molecule has 1 atom stereocenters. The Balaban J connectivity index is 2.88. The molecule has 0 aromatic carbocycles. The maximum atomic E-state index is 5.89. The molecule has 1 aromatic heterocycles. The van der Waals surface area contributed by atoms with Crippen molar-refractivity contribution in [3.63, 3.8) is 0 Å². The highest BCUT2D eigenvalue weighted by Gasteiger charge is 2.15. The number of nitrogens with two attached hydrogens (primary N) is 1. The van der Waals surface area contributed by atoms with Crippen LogP contribution in [0, 0.1) is 5.92 Å². The Morgan fingerprint density at radius 1 is 1.21 bits per heavy atom. The van der Waals surface area contributed by atoms with Crippen LogP contribution in [-0.4, -0.2) is 24.2 Å². The molecule has 108 valence electrons. The normalized spacial score (nSPS) is 12.8. The maximum Gasteiger partial charge on any atom is 0.239 e. The zero-order valence-electron chi connectivity index (χ0n) is 13.0. The van der Waals surface area contributed by atoms with Crippen LogP contribution in [0.15, 0.2) is 12.1 Å². The topological polar surface area (TPSA) is 51.4 Å². The zero-order valence-corrected chi connectivity index (χ0v) is 13.0. The molecule has 1 rings (SSSR count). The molecule has 0 fully saturated rings. The summed E-state index contributed by atoms with van der Waals surface area (Å²) in [5.41, 5.74) is 6.47. The van der Waals surface area contributed by atoms with Gasteiger partial charge in [-0.05, 0) is 45.2 Å². The van der Waals surface area contributed by atoms with Gasteiger partial charge in [-0.25, -0.2) is 0 Å². The highest BCUT2D eigenvalue weighted by molar-refractivity contribution is 5.54. The lowest BCUT2D eigenvalue weighted by molar-refractivity contribution is 0.234. The van der Waals surface area contributed by atoms with Crippen LogP contribution >= 0.6 is 0 Å². The van der Waals surface area contributed by atoms with Gasteiger partial charge in [0.2, 0.25) is 5.88 Å². The first-order valence-corrected chi connectivity index (χ1v) is 6.97. The molecule has 0 aliphatic heterocycles. The zero-order chi connectivity index (χ0) is 14.6. The Kier molecular flexibility index (Phi) is 5.45. The van der Waals surface area contributed by atoms with E-state index < -0.39 is 0 Å². The van der Waals surface area contributed by atoms with E-state index in [2.05, 4.69) is 37.7 Å². The first-order chi connectivity index (χ1) is 8.81. The van der Waals surface area contributed by atoms with E-state index >= 15 is 0 Å². The van der Waals surface area contributed by atoms with E-state index in [0.29, 0.717) is 23.5 Å². The lowest BCUT2D eigenvalue weighted by Crippen LogP contribution is -2.30. The number of pyridine rings is 1. The van der Waals surface area contributed by atoms with E-state index in [1.54, 1.807) is 0 Å². The summed E-state index contributed by atoms with van der Waals surface area (Å²) in [6.45, 7) is 10.6. The largest absolute Gasteiger partial charge is 0.473 e. The summed E-state index contributed by atoms with van der Waals surface area (Å²) in [5.74, 6) is 2.09. The van der Waals surface area contributed by atoms with Gasteiger partial charge in [-0.15, -0.1) is 0 Å². The van der Waals surface area contributed by atoms with Gasteiger partial charge in [0.1, 0.15) is 5.82 Å². The number of ether oxygens (including phenoxy) is 1. The minimum atomic E-state index is 0.0726. The van der Waals surface area contributed by atoms with Crippen molar-refractivity contribution in [2.45, 2.75) is 53.2 Å². The minimum absolute atomic E-state index is 0.0726. The van der Waals surface area contributed by atoms with Crippen molar-refractivity contribution in [2.24, 2.45) is 5.92 Å². The van der Waals surface area contributed by atoms with Crippen molar-refractivity contribution in [3.8, 4) is 5.88 Å². The van der Waals surface area contributed by atoms with Crippen LogP contribution < -0.4 is 15.4 Å². The van der Waals surface area contributed by atoms with Gasteiger partial charge in [0, 0.05) is 13.1 Å². The molecular weight excluding hydrogens is 238 g/mol. The summed E-state index contributed by atoms with van der Waals surface area (Å²) in [7, 11) is 2.06. The second-order valence-electron chi connectivity index (χ2n) is 5.82. The molecule has 0 bridgehead atoms. The van der Waals surface area contributed by atoms with E-state index in [4.69, 9.17) is 10.5 Å². The fourth-order valence-electron chi connectivity index (χ4n) is 2.02. The van der Waals surface area contributed by atoms with Crippen LogP contribution in [0.4, 0.5) is 11.5 Å². The molecule has 0 amide bonds. The Morgan fingerprint density at radius 2 is 1.84 bits per heavy atom. The quantitative estimate of drug-likeness (QED) is 0.857. The second-order valence-corrected chi connectivity index (χ2v) is 5.82. The average Bonchev–Trinajstić information content (AvgIpc) is 2.29. The molecule has 0 spiro atoms. The lowest BCUT2D eigenvalue weighted by Gasteiger charge is -2.28. The Hall–Kier alpha value is -1.45. The highest BCUT2D eigenvalue weighted by Crippen LogP contribution is 2.25. The van der Waals surface area contributed by atoms with Crippen molar-refractivity contribution in [3.05, 3.63) is 12.1 Å². The van der Waals surface area contributed by atoms with Crippen molar-refractivity contribution in [1.82, 2.24) is 4.98 Å². The van der Waals surface area contributed by atoms with Crippen molar-refractivity contribution >= 4 is 11.5 Å².